The molecule has 0 aromatic heterocycles. The van der Waals surface area contributed by atoms with Crippen LogP contribution in [-0.2, 0) is 4.74 Å². The van der Waals surface area contributed by atoms with E-state index in [0.29, 0.717) is 6.10 Å². The normalized spacial score (nSPS) is 27.3. The van der Waals surface area contributed by atoms with Crippen molar-refractivity contribution in [1.29, 1.82) is 0 Å². The third-order valence-electron chi connectivity index (χ3n) is 5.14. The highest BCUT2D eigenvalue weighted by Crippen LogP contribution is 2.35. The molecule has 1 aliphatic heterocycles. The molecule has 1 fully saturated rings. The van der Waals surface area contributed by atoms with Gasteiger partial charge in [0.2, 0.25) is 0 Å². The SMILES string of the molecule is C=C/C(=C\C)C(=C)CC1(C)NN=C(C)/C1=C(/C)OC1CCCCC1. The van der Waals surface area contributed by atoms with E-state index in [2.05, 4.69) is 43.6 Å². The first kappa shape index (κ1) is 18.6. The molecule has 1 aliphatic carbocycles. The van der Waals surface area contributed by atoms with Crippen LogP contribution in [0.15, 0.2) is 52.9 Å². The van der Waals surface area contributed by atoms with E-state index in [1.807, 2.05) is 19.9 Å². The summed E-state index contributed by atoms with van der Waals surface area (Å²) >= 11 is 0. The summed E-state index contributed by atoms with van der Waals surface area (Å²) in [6.45, 7) is 16.5. The Bertz CT molecular complexity index is 591. The van der Waals surface area contributed by atoms with Crippen molar-refractivity contribution in [3.63, 3.8) is 0 Å². The lowest BCUT2D eigenvalue weighted by atomic mass is 9.82. The largest absolute Gasteiger partial charge is 0.495 e. The molecular weight excluding hydrogens is 296 g/mol. The van der Waals surface area contributed by atoms with E-state index in [1.165, 1.54) is 24.8 Å². The van der Waals surface area contributed by atoms with E-state index in [0.717, 1.165) is 41.9 Å². The van der Waals surface area contributed by atoms with Gasteiger partial charge in [0.1, 0.15) is 5.76 Å². The highest BCUT2D eigenvalue weighted by molar-refractivity contribution is 6.02. The van der Waals surface area contributed by atoms with Crippen molar-refractivity contribution >= 4 is 5.71 Å². The Morgan fingerprint density at radius 2 is 2.04 bits per heavy atom. The summed E-state index contributed by atoms with van der Waals surface area (Å²) in [5.41, 5.74) is 7.38. The van der Waals surface area contributed by atoms with E-state index < -0.39 is 0 Å². The fourth-order valence-corrected chi connectivity index (χ4v) is 3.98. The molecule has 1 N–H and O–H groups in total. The van der Waals surface area contributed by atoms with Gasteiger partial charge < -0.3 is 4.74 Å². The third-order valence-corrected chi connectivity index (χ3v) is 5.14. The van der Waals surface area contributed by atoms with Crippen LogP contribution in [0.4, 0.5) is 0 Å². The number of hydrogen-bond donors (Lipinski definition) is 1. The molecule has 0 radical (unpaired) electrons. The summed E-state index contributed by atoms with van der Waals surface area (Å²) in [6, 6.07) is 0. The van der Waals surface area contributed by atoms with E-state index in [-0.39, 0.29) is 5.54 Å². The number of allylic oxidation sites excluding steroid dienone is 4. The quantitative estimate of drug-likeness (QED) is 0.521. The Labute approximate surface area is 147 Å². The fourth-order valence-electron chi connectivity index (χ4n) is 3.98. The molecule has 1 heterocycles. The Morgan fingerprint density at radius 1 is 1.38 bits per heavy atom. The number of nitrogens with zero attached hydrogens (tertiary/aromatic N) is 1. The van der Waals surface area contributed by atoms with Crippen molar-refractivity contribution in [1.82, 2.24) is 5.43 Å². The average molecular weight is 329 g/mol. The predicted octanol–water partition coefficient (Wildman–Crippen LogP) is 5.43. The first-order valence-electron chi connectivity index (χ1n) is 9.08. The van der Waals surface area contributed by atoms with Crippen molar-refractivity contribution in [3.8, 4) is 0 Å². The van der Waals surface area contributed by atoms with Gasteiger partial charge in [0.25, 0.3) is 0 Å². The Hall–Kier alpha value is -1.77. The average Bonchev–Trinajstić information content (AvgIpc) is 2.84. The van der Waals surface area contributed by atoms with Crippen LogP contribution in [0.1, 0.15) is 66.2 Å². The van der Waals surface area contributed by atoms with Gasteiger partial charge in [-0.2, -0.15) is 5.10 Å². The molecule has 0 saturated heterocycles. The maximum absolute atomic E-state index is 6.33. The molecule has 0 amide bonds. The lowest BCUT2D eigenvalue weighted by Gasteiger charge is -2.31. The van der Waals surface area contributed by atoms with Crippen LogP contribution >= 0.6 is 0 Å². The zero-order chi connectivity index (χ0) is 17.7. The highest BCUT2D eigenvalue weighted by Gasteiger charge is 2.38. The summed E-state index contributed by atoms with van der Waals surface area (Å²) in [5.74, 6) is 1.00. The molecule has 3 heteroatoms. The third kappa shape index (κ3) is 4.00. The van der Waals surface area contributed by atoms with Crippen molar-refractivity contribution in [2.75, 3.05) is 0 Å². The minimum atomic E-state index is -0.281. The van der Waals surface area contributed by atoms with Crippen LogP contribution in [0, 0.1) is 0 Å². The minimum Gasteiger partial charge on any atom is -0.495 e. The topological polar surface area (TPSA) is 33.6 Å². The van der Waals surface area contributed by atoms with Crippen LogP contribution in [0.3, 0.4) is 0 Å². The molecule has 1 unspecified atom stereocenters. The van der Waals surface area contributed by atoms with Crippen LogP contribution in [0.5, 0.6) is 0 Å². The zero-order valence-corrected chi connectivity index (χ0v) is 15.7. The first-order valence-corrected chi connectivity index (χ1v) is 9.08. The molecular formula is C21H32N2O. The smallest absolute Gasteiger partial charge is 0.101 e. The fraction of sp³-hybridized carbons (Fsp3) is 0.571. The molecule has 24 heavy (non-hydrogen) atoms. The molecule has 1 atom stereocenters. The lowest BCUT2D eigenvalue weighted by Crippen LogP contribution is -2.39. The molecule has 0 bridgehead atoms. The summed E-state index contributed by atoms with van der Waals surface area (Å²) in [5, 5.41) is 4.49. The van der Waals surface area contributed by atoms with E-state index in [1.54, 1.807) is 0 Å². The van der Waals surface area contributed by atoms with Crippen molar-refractivity contribution in [2.45, 2.75) is 77.9 Å². The summed E-state index contributed by atoms with van der Waals surface area (Å²) < 4.78 is 6.33. The molecule has 0 aromatic rings. The molecule has 0 aromatic carbocycles. The summed E-state index contributed by atoms with van der Waals surface area (Å²) in [7, 11) is 0. The highest BCUT2D eigenvalue weighted by atomic mass is 16.5. The number of nitrogens with one attached hydrogen (secondary N) is 1. The van der Waals surface area contributed by atoms with Gasteiger partial charge in [0.05, 0.1) is 17.4 Å². The Kier molecular flexibility index (Phi) is 6.09. The van der Waals surface area contributed by atoms with Gasteiger partial charge in [-0.1, -0.05) is 31.7 Å². The van der Waals surface area contributed by atoms with Crippen LogP contribution < -0.4 is 5.43 Å². The molecule has 2 aliphatic rings. The molecule has 3 nitrogen and oxygen atoms in total. The summed E-state index contributed by atoms with van der Waals surface area (Å²) in [4.78, 5) is 0. The van der Waals surface area contributed by atoms with Crippen LogP contribution in [0.25, 0.3) is 0 Å². The Morgan fingerprint density at radius 3 is 2.62 bits per heavy atom. The monoisotopic (exact) mass is 328 g/mol. The maximum atomic E-state index is 6.33. The molecule has 0 spiro atoms. The number of hydrogen-bond acceptors (Lipinski definition) is 3. The molecule has 1 saturated carbocycles. The van der Waals surface area contributed by atoms with Gasteiger partial charge in [-0.25, -0.2) is 0 Å². The molecule has 2 rings (SSSR count). The van der Waals surface area contributed by atoms with Gasteiger partial charge >= 0.3 is 0 Å². The van der Waals surface area contributed by atoms with Gasteiger partial charge in [-0.05, 0) is 64.5 Å². The van der Waals surface area contributed by atoms with Crippen molar-refractivity contribution in [3.05, 3.63) is 47.8 Å². The summed E-state index contributed by atoms with van der Waals surface area (Å²) in [6.07, 6.45) is 11.3. The Balaban J connectivity index is 2.20. The second kappa shape index (κ2) is 7.87. The number of hydrazone groups is 1. The number of rotatable bonds is 6. The van der Waals surface area contributed by atoms with Crippen LogP contribution in [0.2, 0.25) is 0 Å². The van der Waals surface area contributed by atoms with Gasteiger partial charge in [-0.3, -0.25) is 5.43 Å². The second-order valence-corrected chi connectivity index (χ2v) is 7.18. The van der Waals surface area contributed by atoms with Crippen LogP contribution in [-0.4, -0.2) is 17.4 Å². The maximum Gasteiger partial charge on any atom is 0.101 e. The first-order chi connectivity index (χ1) is 11.4. The second-order valence-electron chi connectivity index (χ2n) is 7.18. The predicted molar refractivity (Wildman–Crippen MR) is 103 cm³/mol. The van der Waals surface area contributed by atoms with E-state index >= 15 is 0 Å². The van der Waals surface area contributed by atoms with Gasteiger partial charge in [0.15, 0.2) is 0 Å². The van der Waals surface area contributed by atoms with Gasteiger partial charge in [0, 0.05) is 12.0 Å². The zero-order valence-electron chi connectivity index (χ0n) is 15.7. The van der Waals surface area contributed by atoms with Crippen molar-refractivity contribution in [2.24, 2.45) is 5.10 Å². The van der Waals surface area contributed by atoms with Crippen molar-refractivity contribution < 1.29 is 4.74 Å². The van der Waals surface area contributed by atoms with E-state index in [4.69, 9.17) is 4.74 Å². The number of ether oxygens (including phenoxy) is 1. The minimum absolute atomic E-state index is 0.281. The molecule has 132 valence electrons. The standard InChI is InChI=1S/C21H32N2O/c1-7-18(8-2)15(3)14-21(6)20(16(4)22-23-21)17(5)24-19-12-10-9-11-13-19/h7-8,19,23H,1,3,9-14H2,2,4-6H3/b18-8+,20-17+. The van der Waals surface area contributed by atoms with Gasteiger partial charge in [-0.15, -0.1) is 0 Å². The van der Waals surface area contributed by atoms with E-state index in [9.17, 15) is 0 Å². The lowest BCUT2D eigenvalue weighted by molar-refractivity contribution is 0.0807.